The summed E-state index contributed by atoms with van der Waals surface area (Å²) < 4.78 is 5.84. The van der Waals surface area contributed by atoms with Crippen LogP contribution in [0, 0.1) is 13.8 Å². The molecule has 0 fully saturated rings. The van der Waals surface area contributed by atoms with Gasteiger partial charge in [-0.25, -0.2) is 0 Å². The summed E-state index contributed by atoms with van der Waals surface area (Å²) in [6.45, 7) is 5.89. The van der Waals surface area contributed by atoms with Gasteiger partial charge in [-0.05, 0) is 61.7 Å². The van der Waals surface area contributed by atoms with E-state index in [9.17, 15) is 4.79 Å². The third-order valence-electron chi connectivity index (χ3n) is 3.27. The molecule has 0 bridgehead atoms. The van der Waals surface area contributed by atoms with E-state index in [1.165, 1.54) is 0 Å². The molecule has 122 valence electrons. The lowest BCUT2D eigenvalue weighted by atomic mass is 10.1. The first kappa shape index (κ1) is 17.6. The van der Waals surface area contributed by atoms with Crippen molar-refractivity contribution in [1.82, 2.24) is 0 Å². The minimum Gasteiger partial charge on any atom is -0.481 e. The molecule has 1 amide bonds. The maximum Gasteiger partial charge on any atom is 0.265 e. The fourth-order valence-corrected chi connectivity index (χ4v) is 2.86. The minimum atomic E-state index is -0.589. The lowest BCUT2D eigenvalue weighted by Gasteiger charge is -2.18. The molecule has 0 aromatic heterocycles. The lowest BCUT2D eigenvalue weighted by Crippen LogP contribution is -2.32. The van der Waals surface area contributed by atoms with Gasteiger partial charge in [0.15, 0.2) is 6.10 Å². The summed E-state index contributed by atoms with van der Waals surface area (Å²) in [7, 11) is 0. The van der Waals surface area contributed by atoms with Crippen molar-refractivity contribution in [1.29, 1.82) is 0 Å². The predicted molar refractivity (Wildman–Crippen MR) is 95.7 cm³/mol. The Kier molecular flexibility index (Phi) is 5.91. The first-order valence-corrected chi connectivity index (χ1v) is 8.15. The maximum absolute atomic E-state index is 12.4. The predicted octanol–water partition coefficient (Wildman–Crippen LogP) is 5.41. The Labute approximate surface area is 146 Å². The number of benzene rings is 2. The molecule has 2 aromatic rings. The summed E-state index contributed by atoms with van der Waals surface area (Å²) in [4.78, 5) is 12.4. The van der Waals surface area contributed by atoms with E-state index < -0.39 is 6.10 Å². The van der Waals surface area contributed by atoms with Crippen molar-refractivity contribution in [3.05, 3.63) is 57.6 Å². The molecule has 2 rings (SSSR count). The molecule has 23 heavy (non-hydrogen) atoms. The van der Waals surface area contributed by atoms with E-state index in [0.29, 0.717) is 27.9 Å². The number of hydrogen-bond acceptors (Lipinski definition) is 2. The number of nitrogens with one attached hydrogen (secondary N) is 1. The molecule has 0 saturated carbocycles. The molecule has 0 aliphatic heterocycles. The summed E-state index contributed by atoms with van der Waals surface area (Å²) in [6, 6.07) is 10.8. The Morgan fingerprint density at radius 2 is 1.61 bits per heavy atom. The maximum atomic E-state index is 12.4. The van der Waals surface area contributed by atoms with Crippen molar-refractivity contribution in [2.45, 2.75) is 33.3 Å². The second-order valence-corrected chi connectivity index (χ2v) is 6.36. The average molecular weight is 352 g/mol. The molecule has 1 atom stereocenters. The third-order valence-corrected chi connectivity index (χ3v) is 3.70. The number of amides is 1. The molecule has 0 saturated heterocycles. The summed E-state index contributed by atoms with van der Waals surface area (Å²) in [5, 5.41) is 3.73. The van der Waals surface area contributed by atoms with Gasteiger partial charge in [0.05, 0.1) is 0 Å². The zero-order valence-corrected chi connectivity index (χ0v) is 14.8. The number of carbonyl (C=O) groups excluding carboxylic acids is 1. The smallest absolute Gasteiger partial charge is 0.265 e. The lowest BCUT2D eigenvalue weighted by molar-refractivity contribution is -0.122. The molecule has 5 heteroatoms. The van der Waals surface area contributed by atoms with Gasteiger partial charge in [0.1, 0.15) is 5.75 Å². The molecule has 0 radical (unpaired) electrons. The monoisotopic (exact) mass is 351 g/mol. The fourth-order valence-electron chi connectivity index (χ4n) is 2.34. The average Bonchev–Trinajstić information content (AvgIpc) is 2.42. The van der Waals surface area contributed by atoms with E-state index in [-0.39, 0.29) is 5.91 Å². The second-order valence-electron chi connectivity index (χ2n) is 5.49. The first-order valence-electron chi connectivity index (χ1n) is 7.39. The van der Waals surface area contributed by atoms with Crippen molar-refractivity contribution in [2.24, 2.45) is 0 Å². The topological polar surface area (TPSA) is 38.3 Å². The number of halogens is 2. The molecule has 0 aliphatic carbocycles. The van der Waals surface area contributed by atoms with Gasteiger partial charge in [-0.2, -0.15) is 0 Å². The van der Waals surface area contributed by atoms with Gasteiger partial charge in [0.2, 0.25) is 0 Å². The van der Waals surface area contributed by atoms with E-state index in [1.807, 2.05) is 32.9 Å². The molecular weight excluding hydrogens is 333 g/mol. The van der Waals surface area contributed by atoms with Gasteiger partial charge in [0, 0.05) is 15.7 Å². The van der Waals surface area contributed by atoms with Crippen molar-refractivity contribution in [3.63, 3.8) is 0 Å². The van der Waals surface area contributed by atoms with Crippen molar-refractivity contribution >= 4 is 34.8 Å². The highest BCUT2D eigenvalue weighted by Gasteiger charge is 2.19. The highest BCUT2D eigenvalue weighted by molar-refractivity contribution is 6.35. The molecular formula is C18H19Cl2NO2. The summed E-state index contributed by atoms with van der Waals surface area (Å²) in [6.07, 6.45) is -0.0402. The SMILES string of the molecule is CC[C@H](Oc1cc(C)cc(C)c1)C(=O)Nc1cc(Cl)cc(Cl)c1. The number of carbonyl (C=O) groups is 1. The second kappa shape index (κ2) is 7.71. The Balaban J connectivity index is 2.11. The van der Waals surface area contributed by atoms with Gasteiger partial charge in [-0.1, -0.05) is 36.2 Å². The van der Waals surface area contributed by atoms with Crippen LogP contribution >= 0.6 is 23.2 Å². The van der Waals surface area contributed by atoms with Gasteiger partial charge < -0.3 is 10.1 Å². The van der Waals surface area contributed by atoms with Crippen LogP contribution in [-0.2, 0) is 4.79 Å². The van der Waals surface area contributed by atoms with E-state index in [1.54, 1.807) is 18.2 Å². The van der Waals surface area contributed by atoms with Gasteiger partial charge in [-0.3, -0.25) is 4.79 Å². The van der Waals surface area contributed by atoms with Gasteiger partial charge in [0.25, 0.3) is 5.91 Å². The molecule has 0 spiro atoms. The van der Waals surface area contributed by atoms with Crippen molar-refractivity contribution < 1.29 is 9.53 Å². The van der Waals surface area contributed by atoms with Crippen LogP contribution in [0.3, 0.4) is 0 Å². The van der Waals surface area contributed by atoms with Crippen LogP contribution in [0.4, 0.5) is 5.69 Å². The standard InChI is InChI=1S/C18H19Cl2NO2/c1-4-17(23-16-6-11(2)5-12(3)7-16)18(22)21-15-9-13(19)8-14(20)10-15/h5-10,17H,4H2,1-3H3,(H,21,22)/t17-/m0/s1. The zero-order valence-electron chi connectivity index (χ0n) is 13.3. The van der Waals surface area contributed by atoms with Gasteiger partial charge in [-0.15, -0.1) is 0 Å². The quantitative estimate of drug-likeness (QED) is 0.782. The highest BCUT2D eigenvalue weighted by Crippen LogP contribution is 2.23. The van der Waals surface area contributed by atoms with Gasteiger partial charge >= 0.3 is 0 Å². The van der Waals surface area contributed by atoms with Crippen LogP contribution in [0.1, 0.15) is 24.5 Å². The number of hydrogen-bond donors (Lipinski definition) is 1. The molecule has 0 unspecified atom stereocenters. The minimum absolute atomic E-state index is 0.231. The summed E-state index contributed by atoms with van der Waals surface area (Å²) in [5.41, 5.74) is 2.74. The third kappa shape index (κ3) is 5.15. The van der Waals surface area contributed by atoms with E-state index in [0.717, 1.165) is 11.1 Å². The van der Waals surface area contributed by atoms with Crippen molar-refractivity contribution in [2.75, 3.05) is 5.32 Å². The van der Waals surface area contributed by atoms with E-state index >= 15 is 0 Å². The van der Waals surface area contributed by atoms with E-state index in [4.69, 9.17) is 27.9 Å². The molecule has 3 nitrogen and oxygen atoms in total. The number of aryl methyl sites for hydroxylation is 2. The molecule has 2 aromatic carbocycles. The number of anilines is 1. The van der Waals surface area contributed by atoms with Crippen LogP contribution in [0.15, 0.2) is 36.4 Å². The van der Waals surface area contributed by atoms with E-state index in [2.05, 4.69) is 11.4 Å². The first-order chi connectivity index (χ1) is 10.9. The van der Waals surface area contributed by atoms with Crippen LogP contribution in [0.5, 0.6) is 5.75 Å². The Morgan fingerprint density at radius 3 is 2.13 bits per heavy atom. The Morgan fingerprint density at radius 1 is 1.04 bits per heavy atom. The van der Waals surface area contributed by atoms with Crippen LogP contribution < -0.4 is 10.1 Å². The molecule has 0 aliphatic rings. The normalized spacial score (nSPS) is 11.9. The summed E-state index contributed by atoms with van der Waals surface area (Å²) in [5.74, 6) is 0.457. The Bertz CT molecular complexity index is 676. The number of rotatable bonds is 5. The fraction of sp³-hybridized carbons (Fsp3) is 0.278. The molecule has 0 heterocycles. The largest absolute Gasteiger partial charge is 0.481 e. The van der Waals surface area contributed by atoms with Crippen molar-refractivity contribution in [3.8, 4) is 5.75 Å². The molecule has 1 N–H and O–H groups in total. The van der Waals surface area contributed by atoms with Crippen LogP contribution in [-0.4, -0.2) is 12.0 Å². The van der Waals surface area contributed by atoms with Crippen LogP contribution in [0.25, 0.3) is 0 Å². The Hall–Kier alpha value is -1.71. The zero-order chi connectivity index (χ0) is 17.0. The van der Waals surface area contributed by atoms with Crippen LogP contribution in [0.2, 0.25) is 10.0 Å². The summed E-state index contributed by atoms with van der Waals surface area (Å²) >= 11 is 11.9. The number of ether oxygens (including phenoxy) is 1. The highest BCUT2D eigenvalue weighted by atomic mass is 35.5.